The van der Waals surface area contributed by atoms with E-state index < -0.39 is 0 Å². The highest BCUT2D eigenvalue weighted by Gasteiger charge is 2.18. The number of fused-ring (bicyclic) bond motifs is 1. The van der Waals surface area contributed by atoms with Crippen LogP contribution in [0.1, 0.15) is 25.5 Å². The summed E-state index contributed by atoms with van der Waals surface area (Å²) in [7, 11) is 2.03. The standard InChI is InChI=1S/C16H24N4/c1-3-13-11-20(10-6-9-17-13)12-15-14-7-4-5-8-16(14)19(2)18-15/h4-5,7-8,13,17H,3,6,9-12H2,1-2H3. The normalized spacial score (nSPS) is 21.2. The number of nitrogens with one attached hydrogen (secondary N) is 1. The minimum Gasteiger partial charge on any atom is -0.313 e. The molecule has 0 amide bonds. The van der Waals surface area contributed by atoms with Gasteiger partial charge in [-0.25, -0.2) is 0 Å². The van der Waals surface area contributed by atoms with Crippen molar-refractivity contribution >= 4 is 10.9 Å². The van der Waals surface area contributed by atoms with Crippen LogP contribution in [0.2, 0.25) is 0 Å². The summed E-state index contributed by atoms with van der Waals surface area (Å²) in [5.74, 6) is 0. The summed E-state index contributed by atoms with van der Waals surface area (Å²) in [4.78, 5) is 2.54. The molecule has 1 N–H and O–H groups in total. The van der Waals surface area contributed by atoms with Crippen molar-refractivity contribution in [3.8, 4) is 0 Å². The van der Waals surface area contributed by atoms with E-state index in [-0.39, 0.29) is 0 Å². The molecule has 1 aromatic carbocycles. The van der Waals surface area contributed by atoms with Crippen molar-refractivity contribution in [2.24, 2.45) is 7.05 Å². The molecule has 2 heterocycles. The molecule has 2 aromatic rings. The molecule has 1 aliphatic heterocycles. The van der Waals surface area contributed by atoms with Gasteiger partial charge < -0.3 is 5.32 Å². The molecular weight excluding hydrogens is 248 g/mol. The van der Waals surface area contributed by atoms with Gasteiger partial charge in [-0.05, 0) is 32.0 Å². The number of benzene rings is 1. The molecule has 0 bridgehead atoms. The average Bonchev–Trinajstić information content (AvgIpc) is 2.65. The van der Waals surface area contributed by atoms with Crippen LogP contribution in [0.15, 0.2) is 24.3 Å². The van der Waals surface area contributed by atoms with Gasteiger partial charge in [0.1, 0.15) is 0 Å². The molecule has 1 saturated heterocycles. The molecule has 1 atom stereocenters. The van der Waals surface area contributed by atoms with Gasteiger partial charge in [0.2, 0.25) is 0 Å². The fourth-order valence-electron chi connectivity index (χ4n) is 3.11. The number of aryl methyl sites for hydroxylation is 1. The highest BCUT2D eigenvalue weighted by Crippen LogP contribution is 2.19. The quantitative estimate of drug-likeness (QED) is 0.929. The molecule has 4 nitrogen and oxygen atoms in total. The first-order valence-corrected chi connectivity index (χ1v) is 7.64. The summed E-state index contributed by atoms with van der Waals surface area (Å²) < 4.78 is 2.00. The van der Waals surface area contributed by atoms with E-state index in [0.717, 1.165) is 26.2 Å². The zero-order valence-corrected chi connectivity index (χ0v) is 12.5. The summed E-state index contributed by atoms with van der Waals surface area (Å²) >= 11 is 0. The van der Waals surface area contributed by atoms with Crippen LogP contribution in [0.3, 0.4) is 0 Å². The summed E-state index contributed by atoms with van der Waals surface area (Å²) in [6.45, 7) is 6.64. The van der Waals surface area contributed by atoms with Crippen LogP contribution in [0, 0.1) is 0 Å². The maximum absolute atomic E-state index is 4.72. The average molecular weight is 272 g/mol. The van der Waals surface area contributed by atoms with E-state index in [0.29, 0.717) is 6.04 Å². The van der Waals surface area contributed by atoms with Crippen molar-refractivity contribution in [2.45, 2.75) is 32.4 Å². The van der Waals surface area contributed by atoms with Crippen LogP contribution in [-0.2, 0) is 13.6 Å². The monoisotopic (exact) mass is 272 g/mol. The Balaban J connectivity index is 1.81. The third kappa shape index (κ3) is 2.72. The molecule has 20 heavy (non-hydrogen) atoms. The number of aromatic nitrogens is 2. The van der Waals surface area contributed by atoms with Crippen molar-refractivity contribution in [3.05, 3.63) is 30.0 Å². The molecule has 0 saturated carbocycles. The van der Waals surface area contributed by atoms with Gasteiger partial charge in [0, 0.05) is 31.6 Å². The van der Waals surface area contributed by atoms with E-state index in [4.69, 9.17) is 5.10 Å². The number of rotatable bonds is 3. The summed E-state index contributed by atoms with van der Waals surface area (Å²) in [6.07, 6.45) is 2.42. The van der Waals surface area contributed by atoms with Gasteiger partial charge in [0.05, 0.1) is 11.2 Å². The van der Waals surface area contributed by atoms with E-state index in [1.54, 1.807) is 0 Å². The lowest BCUT2D eigenvalue weighted by Crippen LogP contribution is -2.36. The first-order valence-electron chi connectivity index (χ1n) is 7.64. The van der Waals surface area contributed by atoms with Crippen molar-refractivity contribution in [1.29, 1.82) is 0 Å². The van der Waals surface area contributed by atoms with Crippen LogP contribution >= 0.6 is 0 Å². The van der Waals surface area contributed by atoms with Crippen LogP contribution < -0.4 is 5.32 Å². The topological polar surface area (TPSA) is 33.1 Å². The molecule has 1 unspecified atom stereocenters. The third-order valence-corrected chi connectivity index (χ3v) is 4.26. The van der Waals surface area contributed by atoms with Crippen molar-refractivity contribution in [2.75, 3.05) is 19.6 Å². The van der Waals surface area contributed by atoms with E-state index >= 15 is 0 Å². The minimum absolute atomic E-state index is 0.618. The number of nitrogens with zero attached hydrogens (tertiary/aromatic N) is 3. The van der Waals surface area contributed by atoms with Gasteiger partial charge in [-0.3, -0.25) is 9.58 Å². The molecule has 0 aliphatic carbocycles. The van der Waals surface area contributed by atoms with Crippen molar-refractivity contribution in [1.82, 2.24) is 20.0 Å². The fraction of sp³-hybridized carbons (Fsp3) is 0.562. The predicted octanol–water partition coefficient (Wildman–Crippen LogP) is 2.15. The molecular formula is C16H24N4. The zero-order chi connectivity index (χ0) is 13.9. The molecule has 1 aliphatic rings. The van der Waals surface area contributed by atoms with Gasteiger partial charge in [-0.1, -0.05) is 25.1 Å². The van der Waals surface area contributed by atoms with Crippen LogP contribution in [-0.4, -0.2) is 40.4 Å². The summed E-state index contributed by atoms with van der Waals surface area (Å²) in [5.41, 5.74) is 2.43. The Morgan fingerprint density at radius 2 is 2.20 bits per heavy atom. The molecule has 108 valence electrons. The Morgan fingerprint density at radius 1 is 1.35 bits per heavy atom. The molecule has 4 heteroatoms. The molecule has 0 radical (unpaired) electrons. The van der Waals surface area contributed by atoms with Crippen molar-refractivity contribution < 1.29 is 0 Å². The number of hydrogen-bond acceptors (Lipinski definition) is 3. The van der Waals surface area contributed by atoms with Gasteiger partial charge in [0.15, 0.2) is 0 Å². The van der Waals surface area contributed by atoms with Gasteiger partial charge in [0.25, 0.3) is 0 Å². The van der Waals surface area contributed by atoms with Crippen LogP contribution in [0.5, 0.6) is 0 Å². The maximum Gasteiger partial charge on any atom is 0.0843 e. The lowest BCUT2D eigenvalue weighted by Gasteiger charge is -2.22. The summed E-state index contributed by atoms with van der Waals surface area (Å²) in [6, 6.07) is 9.13. The smallest absolute Gasteiger partial charge is 0.0843 e. The second-order valence-electron chi connectivity index (χ2n) is 5.74. The highest BCUT2D eigenvalue weighted by molar-refractivity contribution is 5.81. The number of hydrogen-bond donors (Lipinski definition) is 1. The van der Waals surface area contributed by atoms with Gasteiger partial charge in [-0.2, -0.15) is 5.10 Å². The van der Waals surface area contributed by atoms with Crippen molar-refractivity contribution in [3.63, 3.8) is 0 Å². The van der Waals surface area contributed by atoms with E-state index in [9.17, 15) is 0 Å². The van der Waals surface area contributed by atoms with E-state index in [2.05, 4.69) is 41.4 Å². The van der Waals surface area contributed by atoms with Crippen LogP contribution in [0.25, 0.3) is 10.9 Å². The van der Waals surface area contributed by atoms with Gasteiger partial charge in [-0.15, -0.1) is 0 Å². The lowest BCUT2D eigenvalue weighted by molar-refractivity contribution is 0.255. The Hall–Kier alpha value is -1.39. The molecule has 0 spiro atoms. The number of para-hydroxylation sites is 1. The van der Waals surface area contributed by atoms with Gasteiger partial charge >= 0.3 is 0 Å². The Bertz CT molecular complexity index is 575. The zero-order valence-electron chi connectivity index (χ0n) is 12.5. The molecule has 1 fully saturated rings. The fourth-order valence-corrected chi connectivity index (χ4v) is 3.11. The summed E-state index contributed by atoms with van der Waals surface area (Å²) in [5, 5.41) is 9.63. The second kappa shape index (κ2) is 5.94. The van der Waals surface area contributed by atoms with E-state index in [1.807, 2.05) is 11.7 Å². The van der Waals surface area contributed by atoms with E-state index in [1.165, 1.54) is 29.4 Å². The first kappa shape index (κ1) is 13.6. The predicted molar refractivity (Wildman–Crippen MR) is 82.7 cm³/mol. The Morgan fingerprint density at radius 3 is 3.05 bits per heavy atom. The largest absolute Gasteiger partial charge is 0.313 e. The Labute approximate surface area is 120 Å². The SMILES string of the molecule is CCC1CN(Cc2nn(C)c3ccccc23)CCCN1. The maximum atomic E-state index is 4.72. The second-order valence-corrected chi connectivity index (χ2v) is 5.74. The third-order valence-electron chi connectivity index (χ3n) is 4.26. The highest BCUT2D eigenvalue weighted by atomic mass is 15.3. The Kier molecular flexibility index (Phi) is 4.03. The lowest BCUT2D eigenvalue weighted by atomic mass is 10.2. The minimum atomic E-state index is 0.618. The van der Waals surface area contributed by atoms with Crippen LogP contribution in [0.4, 0.5) is 0 Å². The molecule has 3 rings (SSSR count). The molecule has 1 aromatic heterocycles. The first-order chi connectivity index (χ1) is 9.78.